The van der Waals surface area contributed by atoms with Gasteiger partial charge in [0.25, 0.3) is 0 Å². The Balaban J connectivity index is 1.58. The summed E-state index contributed by atoms with van der Waals surface area (Å²) in [7, 11) is 3.10. The number of benzene rings is 3. The molecule has 4 amide bonds. The number of halogens is 1. The molecule has 15 heteroatoms. The molecule has 4 bridgehead atoms. The molecule has 1 aromatic heterocycles. The summed E-state index contributed by atoms with van der Waals surface area (Å²) in [5.41, 5.74) is 1.56. The van der Waals surface area contributed by atoms with E-state index in [1.807, 2.05) is 32.0 Å². The van der Waals surface area contributed by atoms with E-state index in [0.29, 0.717) is 27.6 Å². The van der Waals surface area contributed by atoms with Gasteiger partial charge in [0, 0.05) is 61.2 Å². The normalized spacial score (nSPS) is 16.8. The van der Waals surface area contributed by atoms with Gasteiger partial charge in [0.15, 0.2) is 17.4 Å². The summed E-state index contributed by atoms with van der Waals surface area (Å²) in [6, 6.07) is 14.3. The van der Waals surface area contributed by atoms with E-state index in [0.717, 1.165) is 22.1 Å². The molecule has 316 valence electrons. The third-order valence-corrected chi connectivity index (χ3v) is 9.16. The van der Waals surface area contributed by atoms with Crippen molar-refractivity contribution in [3.05, 3.63) is 88.9 Å². The second kappa shape index (κ2) is 17.9. The summed E-state index contributed by atoms with van der Waals surface area (Å²) in [5, 5.41) is 7.04. The zero-order valence-corrected chi connectivity index (χ0v) is 35.5. The minimum absolute atomic E-state index is 0.00544. The van der Waals surface area contributed by atoms with Gasteiger partial charge in [-0.25, -0.2) is 23.8 Å². The number of hydrogen-bond donors (Lipinski definition) is 2. The fourth-order valence-corrected chi connectivity index (χ4v) is 6.62. The Morgan fingerprint density at radius 3 is 2.32 bits per heavy atom. The van der Waals surface area contributed by atoms with Crippen LogP contribution in [0.4, 0.5) is 36.0 Å². The van der Waals surface area contributed by atoms with Gasteiger partial charge >= 0.3 is 18.3 Å². The molecule has 0 saturated carbocycles. The Hall–Kier alpha value is -5.96. The average Bonchev–Trinajstić information content (AvgIpc) is 3.12. The molecule has 0 fully saturated rings. The number of imide groups is 1. The van der Waals surface area contributed by atoms with Crippen molar-refractivity contribution in [2.75, 3.05) is 42.9 Å². The molecule has 2 N–H and O–H groups in total. The van der Waals surface area contributed by atoms with Crippen molar-refractivity contribution >= 4 is 52.2 Å². The van der Waals surface area contributed by atoms with Crippen molar-refractivity contribution in [3.8, 4) is 5.75 Å². The molecule has 3 heterocycles. The fraction of sp³-hybridized carbons (Fsp3) is 0.432. The summed E-state index contributed by atoms with van der Waals surface area (Å²) >= 11 is 0. The Morgan fingerprint density at radius 2 is 1.69 bits per heavy atom. The summed E-state index contributed by atoms with van der Waals surface area (Å²) in [4.78, 5) is 61.1. The number of rotatable bonds is 7. The molecule has 2 aliphatic rings. The van der Waals surface area contributed by atoms with Crippen molar-refractivity contribution in [2.45, 2.75) is 98.1 Å². The highest BCUT2D eigenvalue weighted by Crippen LogP contribution is 2.34. The number of amides is 4. The van der Waals surface area contributed by atoms with Gasteiger partial charge in [-0.3, -0.25) is 10.1 Å². The first-order chi connectivity index (χ1) is 27.6. The highest BCUT2D eigenvalue weighted by Gasteiger charge is 2.35. The van der Waals surface area contributed by atoms with Crippen LogP contribution in [0.2, 0.25) is 0 Å². The lowest BCUT2D eigenvalue weighted by Crippen LogP contribution is -2.44. The number of pyridine rings is 1. The van der Waals surface area contributed by atoms with Crippen molar-refractivity contribution in [1.82, 2.24) is 9.88 Å². The maximum absolute atomic E-state index is 15.8. The minimum Gasteiger partial charge on any atom is -0.485 e. The number of likely N-dealkylation sites (N-methyl/N-ethyl adjacent to an activating group) is 1. The van der Waals surface area contributed by atoms with Crippen molar-refractivity contribution in [2.24, 2.45) is 0 Å². The minimum atomic E-state index is -0.956. The van der Waals surface area contributed by atoms with Gasteiger partial charge in [-0.1, -0.05) is 25.1 Å². The number of ether oxygens (including phenoxy) is 5. The molecule has 0 saturated heterocycles. The van der Waals surface area contributed by atoms with Gasteiger partial charge in [-0.15, -0.1) is 0 Å². The summed E-state index contributed by atoms with van der Waals surface area (Å²) in [6.45, 7) is 15.8. The van der Waals surface area contributed by atoms with Crippen LogP contribution in [0.25, 0.3) is 10.8 Å². The third kappa shape index (κ3) is 11.2. The van der Waals surface area contributed by atoms with Crippen LogP contribution in [0.1, 0.15) is 89.6 Å². The molecule has 0 radical (unpaired) electrons. The van der Waals surface area contributed by atoms with E-state index in [1.165, 1.54) is 18.2 Å². The molecule has 3 atom stereocenters. The molecule has 3 aromatic carbocycles. The highest BCUT2D eigenvalue weighted by atomic mass is 19.1. The van der Waals surface area contributed by atoms with Crippen LogP contribution in [-0.4, -0.2) is 78.7 Å². The van der Waals surface area contributed by atoms with Crippen LogP contribution in [0.3, 0.4) is 0 Å². The lowest BCUT2D eigenvalue weighted by Gasteiger charge is -2.29. The number of nitrogens with one attached hydrogen (secondary N) is 2. The first-order valence-corrected chi connectivity index (χ1v) is 19.3. The van der Waals surface area contributed by atoms with Crippen LogP contribution in [0, 0.1) is 12.7 Å². The molecule has 0 aliphatic carbocycles. The first kappa shape index (κ1) is 44.1. The van der Waals surface area contributed by atoms with Crippen LogP contribution in [0.5, 0.6) is 5.75 Å². The highest BCUT2D eigenvalue weighted by molar-refractivity contribution is 6.14. The van der Waals surface area contributed by atoms with Gasteiger partial charge in [0.05, 0.1) is 13.2 Å². The van der Waals surface area contributed by atoms with E-state index in [4.69, 9.17) is 23.7 Å². The quantitative estimate of drug-likeness (QED) is 0.171. The average molecular weight is 816 g/mol. The summed E-state index contributed by atoms with van der Waals surface area (Å²) in [6.07, 6.45) is -1.73. The number of aromatic nitrogens is 1. The van der Waals surface area contributed by atoms with Gasteiger partial charge in [0.2, 0.25) is 5.91 Å². The van der Waals surface area contributed by atoms with Gasteiger partial charge in [-0.2, -0.15) is 4.90 Å². The molecule has 2 aliphatic heterocycles. The molecular formula is C44H54FN5O9. The topological polar surface area (TPSA) is 158 Å². The van der Waals surface area contributed by atoms with Crippen LogP contribution >= 0.6 is 0 Å². The zero-order chi connectivity index (χ0) is 43.4. The second-order valence-corrected chi connectivity index (χ2v) is 16.7. The van der Waals surface area contributed by atoms with E-state index in [-0.39, 0.29) is 48.8 Å². The SMILES string of the molecule is COC[C@H](C)Oc1c(F)cc2cc1CN(C)C(=O)C(Nc1ccc3c(N(C(=O)OC(C)(C)C)C(=O)OC(C)(C)C)nccc3c1)c1ccc(c(C)c1)[C@@H](C)COC(=O)N2. The van der Waals surface area contributed by atoms with E-state index < -0.39 is 47.4 Å². The van der Waals surface area contributed by atoms with E-state index in [2.05, 4.69) is 15.6 Å². The maximum Gasteiger partial charge on any atom is 0.425 e. The Bertz CT molecular complexity index is 2190. The number of nitrogens with zero attached hydrogens (tertiary/aromatic N) is 3. The second-order valence-electron chi connectivity index (χ2n) is 16.7. The van der Waals surface area contributed by atoms with Crippen molar-refractivity contribution in [1.29, 1.82) is 0 Å². The lowest BCUT2D eigenvalue weighted by molar-refractivity contribution is -0.131. The largest absolute Gasteiger partial charge is 0.485 e. The predicted octanol–water partition coefficient (Wildman–Crippen LogP) is 9.25. The molecule has 6 rings (SSSR count). The van der Waals surface area contributed by atoms with Crippen molar-refractivity contribution < 1.29 is 47.3 Å². The smallest absolute Gasteiger partial charge is 0.425 e. The van der Waals surface area contributed by atoms with E-state index in [9.17, 15) is 19.2 Å². The van der Waals surface area contributed by atoms with Gasteiger partial charge in [0.1, 0.15) is 23.3 Å². The molecular weight excluding hydrogens is 762 g/mol. The third-order valence-electron chi connectivity index (χ3n) is 9.16. The number of fused-ring (bicyclic) bond motifs is 10. The number of carbonyl (C=O) groups excluding carboxylic acids is 4. The lowest BCUT2D eigenvalue weighted by atomic mass is 9.93. The van der Waals surface area contributed by atoms with Gasteiger partial charge in [-0.05, 0) is 108 Å². The number of aryl methyl sites for hydroxylation is 1. The van der Waals surface area contributed by atoms with Crippen LogP contribution < -0.4 is 20.3 Å². The summed E-state index contributed by atoms with van der Waals surface area (Å²) in [5.74, 6) is -1.38. The Labute approximate surface area is 344 Å². The van der Waals surface area contributed by atoms with E-state index in [1.54, 1.807) is 85.8 Å². The first-order valence-electron chi connectivity index (χ1n) is 19.3. The predicted molar refractivity (Wildman–Crippen MR) is 222 cm³/mol. The summed E-state index contributed by atoms with van der Waals surface area (Å²) < 4.78 is 43.6. The zero-order valence-electron chi connectivity index (χ0n) is 35.5. The molecule has 59 heavy (non-hydrogen) atoms. The number of methoxy groups -OCH3 is 1. The number of hydrogen-bond acceptors (Lipinski definition) is 11. The van der Waals surface area contributed by atoms with E-state index >= 15 is 4.39 Å². The Kier molecular flexibility index (Phi) is 13.4. The van der Waals surface area contributed by atoms with Crippen LogP contribution in [0.15, 0.2) is 60.8 Å². The molecule has 4 aromatic rings. The van der Waals surface area contributed by atoms with Gasteiger partial charge < -0.3 is 33.9 Å². The Morgan fingerprint density at radius 1 is 1.02 bits per heavy atom. The number of carbonyl (C=O) groups is 4. The fourth-order valence-electron chi connectivity index (χ4n) is 6.62. The standard InChI is InChI=1S/C44H54FN5O9/c1-25-18-29-12-14-33(25)26(2)23-56-40(52)48-32-20-30(37(35(45)21-32)57-27(3)24-55-11)22-49(10)39(51)36(29)47-31-13-15-34-28(19-31)16-17-46-38(34)50(41(53)58-43(4,5)6)42(54)59-44(7,8)9/h12-21,26-27,36,47H,22-24H2,1-11H3,(H,48,52)/t26-,27-,36?/m0/s1. The monoisotopic (exact) mass is 815 g/mol. The molecule has 0 spiro atoms. The van der Waals surface area contributed by atoms with Crippen molar-refractivity contribution in [3.63, 3.8) is 0 Å². The number of anilines is 3. The van der Waals surface area contributed by atoms with Crippen LogP contribution in [-0.2, 0) is 30.3 Å². The molecule has 1 unspecified atom stereocenters. The molecule has 14 nitrogen and oxygen atoms in total. The maximum atomic E-state index is 15.8.